The zero-order valence-electron chi connectivity index (χ0n) is 14.0. The molecule has 0 saturated heterocycles. The van der Waals surface area contributed by atoms with Crippen LogP contribution in [0.25, 0.3) is 10.8 Å². The number of rotatable bonds is 5. The average molecular weight is 398 g/mol. The molecular weight excluding hydrogens is 378 g/mol. The van der Waals surface area contributed by atoms with Gasteiger partial charge >= 0.3 is 6.09 Å². The minimum Gasteiger partial charge on any atom is -0.449 e. The van der Waals surface area contributed by atoms with Gasteiger partial charge in [0.1, 0.15) is 0 Å². The van der Waals surface area contributed by atoms with Gasteiger partial charge in [-0.3, -0.25) is 0 Å². The predicted octanol–water partition coefficient (Wildman–Crippen LogP) is 5.63. The summed E-state index contributed by atoms with van der Waals surface area (Å²) in [5.41, 5.74) is 2.21. The van der Waals surface area contributed by atoms with Gasteiger partial charge in [0.25, 0.3) is 0 Å². The van der Waals surface area contributed by atoms with Gasteiger partial charge in [-0.05, 0) is 34.9 Å². The molecule has 0 bridgehead atoms. The van der Waals surface area contributed by atoms with Crippen LogP contribution in [0.3, 0.4) is 0 Å². The lowest BCUT2D eigenvalue weighted by atomic mass is 10.00. The van der Waals surface area contributed by atoms with Crippen LogP contribution in [-0.4, -0.2) is 12.7 Å². The van der Waals surface area contributed by atoms with Crippen molar-refractivity contribution in [2.75, 3.05) is 6.61 Å². The molecule has 0 aliphatic rings. The van der Waals surface area contributed by atoms with Gasteiger partial charge in [-0.15, -0.1) is 0 Å². The number of nitrogens with one attached hydrogen (secondary N) is 1. The first-order chi connectivity index (χ1) is 12.1. The van der Waals surface area contributed by atoms with Gasteiger partial charge in [0, 0.05) is 10.9 Å². The Kier molecular flexibility index (Phi) is 5.71. The number of hydrogen-bond acceptors (Lipinski definition) is 2. The zero-order valence-corrected chi connectivity index (χ0v) is 15.6. The van der Waals surface area contributed by atoms with Gasteiger partial charge < -0.3 is 10.1 Å². The summed E-state index contributed by atoms with van der Waals surface area (Å²) in [4.78, 5) is 12.1. The van der Waals surface area contributed by atoms with Crippen molar-refractivity contribution in [3.63, 3.8) is 0 Å². The van der Waals surface area contributed by atoms with E-state index in [4.69, 9.17) is 4.74 Å². The maximum Gasteiger partial charge on any atom is 0.407 e. The van der Waals surface area contributed by atoms with Gasteiger partial charge in [0.05, 0.1) is 12.6 Å². The second-order valence-electron chi connectivity index (χ2n) is 5.91. The maximum atomic E-state index is 12.1. The van der Waals surface area contributed by atoms with E-state index in [0.29, 0.717) is 13.0 Å². The predicted molar refractivity (Wildman–Crippen MR) is 105 cm³/mol. The van der Waals surface area contributed by atoms with Gasteiger partial charge in [0.2, 0.25) is 0 Å². The Morgan fingerprint density at radius 1 is 1.04 bits per heavy atom. The molecule has 1 N–H and O–H groups in total. The van der Waals surface area contributed by atoms with Crippen LogP contribution in [0.5, 0.6) is 0 Å². The number of benzene rings is 3. The Bertz CT molecular complexity index is 873. The number of halogens is 1. The van der Waals surface area contributed by atoms with Crippen LogP contribution in [0.1, 0.15) is 24.1 Å². The normalized spacial score (nSPS) is 11.9. The highest BCUT2D eigenvalue weighted by Crippen LogP contribution is 2.24. The molecule has 1 unspecified atom stereocenters. The smallest absolute Gasteiger partial charge is 0.407 e. The van der Waals surface area contributed by atoms with Crippen molar-refractivity contribution in [3.8, 4) is 0 Å². The van der Waals surface area contributed by atoms with E-state index in [1.807, 2.05) is 55.5 Å². The fraction of sp³-hybridized carbons (Fsp3) is 0.190. The summed E-state index contributed by atoms with van der Waals surface area (Å²) < 4.78 is 6.36. The lowest BCUT2D eigenvalue weighted by Gasteiger charge is -2.16. The topological polar surface area (TPSA) is 38.3 Å². The molecule has 128 valence electrons. The number of ether oxygens (including phenoxy) is 1. The molecular formula is C21H20BrNO2. The lowest BCUT2D eigenvalue weighted by molar-refractivity contribution is 0.144. The largest absolute Gasteiger partial charge is 0.449 e. The van der Waals surface area contributed by atoms with Gasteiger partial charge in [-0.1, -0.05) is 76.6 Å². The molecule has 1 atom stereocenters. The highest BCUT2D eigenvalue weighted by Gasteiger charge is 2.13. The molecule has 0 aliphatic carbocycles. The molecule has 0 fully saturated rings. The minimum absolute atomic E-state index is 0.123. The number of carbonyl (C=O) groups is 1. The molecule has 0 heterocycles. The summed E-state index contributed by atoms with van der Waals surface area (Å²) in [6.07, 6.45) is 0.282. The summed E-state index contributed by atoms with van der Waals surface area (Å²) in [7, 11) is 0. The first-order valence-electron chi connectivity index (χ1n) is 8.29. The Morgan fingerprint density at radius 2 is 1.76 bits per heavy atom. The number of fused-ring (bicyclic) bond motifs is 1. The number of amides is 1. The molecule has 25 heavy (non-hydrogen) atoms. The molecule has 3 aromatic rings. The molecule has 1 amide bonds. The van der Waals surface area contributed by atoms with Crippen molar-refractivity contribution in [3.05, 3.63) is 82.3 Å². The molecule has 4 heteroatoms. The van der Waals surface area contributed by atoms with Gasteiger partial charge in [0.15, 0.2) is 0 Å². The average Bonchev–Trinajstić information content (AvgIpc) is 2.62. The Labute approximate surface area is 156 Å². The fourth-order valence-corrected chi connectivity index (χ4v) is 3.36. The molecule has 3 nitrogen and oxygen atoms in total. The third kappa shape index (κ3) is 4.40. The number of carbonyl (C=O) groups excluding carboxylic acids is 1. The Morgan fingerprint density at radius 3 is 2.60 bits per heavy atom. The lowest BCUT2D eigenvalue weighted by Crippen LogP contribution is -2.28. The van der Waals surface area contributed by atoms with Crippen molar-refractivity contribution < 1.29 is 9.53 Å². The summed E-state index contributed by atoms with van der Waals surface area (Å²) >= 11 is 3.50. The van der Waals surface area contributed by atoms with E-state index in [2.05, 4.69) is 39.4 Å². The van der Waals surface area contributed by atoms with E-state index in [1.165, 1.54) is 0 Å². The molecule has 0 radical (unpaired) electrons. The summed E-state index contributed by atoms with van der Waals surface area (Å²) in [5.74, 6) is 0. The zero-order chi connectivity index (χ0) is 17.6. The van der Waals surface area contributed by atoms with E-state index in [0.717, 1.165) is 26.4 Å². The SMILES string of the molecule is CC(NC(=O)OCCc1ccccc1Br)c1cccc2ccccc12. The van der Waals surface area contributed by atoms with E-state index < -0.39 is 6.09 Å². The quantitative estimate of drug-likeness (QED) is 0.605. The summed E-state index contributed by atoms with van der Waals surface area (Å²) in [5, 5.41) is 5.22. The van der Waals surface area contributed by atoms with Crippen molar-refractivity contribution >= 4 is 32.8 Å². The van der Waals surface area contributed by atoms with Crippen LogP contribution < -0.4 is 5.32 Å². The number of alkyl carbamates (subject to hydrolysis) is 1. The molecule has 0 spiro atoms. The van der Waals surface area contributed by atoms with Crippen molar-refractivity contribution in [1.29, 1.82) is 0 Å². The Hall–Kier alpha value is -2.33. The summed E-state index contributed by atoms with van der Waals surface area (Å²) in [6.45, 7) is 2.31. The van der Waals surface area contributed by atoms with Crippen molar-refractivity contribution in [2.24, 2.45) is 0 Å². The molecule has 3 rings (SSSR count). The van der Waals surface area contributed by atoms with Crippen LogP contribution in [0.15, 0.2) is 71.2 Å². The molecule has 3 aromatic carbocycles. The van der Waals surface area contributed by atoms with E-state index >= 15 is 0 Å². The monoisotopic (exact) mass is 397 g/mol. The van der Waals surface area contributed by atoms with E-state index in [1.54, 1.807) is 0 Å². The van der Waals surface area contributed by atoms with E-state index in [-0.39, 0.29) is 6.04 Å². The fourth-order valence-electron chi connectivity index (χ4n) is 2.88. The van der Waals surface area contributed by atoms with Crippen molar-refractivity contribution in [1.82, 2.24) is 5.32 Å². The maximum absolute atomic E-state index is 12.1. The first-order valence-corrected chi connectivity index (χ1v) is 9.09. The van der Waals surface area contributed by atoms with Crippen LogP contribution in [0.2, 0.25) is 0 Å². The highest BCUT2D eigenvalue weighted by atomic mass is 79.9. The van der Waals surface area contributed by atoms with Crippen LogP contribution in [0, 0.1) is 0 Å². The van der Waals surface area contributed by atoms with Crippen LogP contribution in [0.4, 0.5) is 4.79 Å². The van der Waals surface area contributed by atoms with Gasteiger partial charge in [-0.25, -0.2) is 4.79 Å². The van der Waals surface area contributed by atoms with Crippen LogP contribution >= 0.6 is 15.9 Å². The minimum atomic E-state index is -0.396. The number of hydrogen-bond donors (Lipinski definition) is 1. The van der Waals surface area contributed by atoms with Crippen molar-refractivity contribution in [2.45, 2.75) is 19.4 Å². The third-order valence-electron chi connectivity index (χ3n) is 4.19. The highest BCUT2D eigenvalue weighted by molar-refractivity contribution is 9.10. The Balaban J connectivity index is 1.58. The standard InChI is InChI=1S/C21H20BrNO2/c1-15(18-11-6-9-16-7-2-4-10-19(16)18)23-21(24)25-14-13-17-8-3-5-12-20(17)22/h2-12,15H,13-14H2,1H3,(H,23,24). The van der Waals surface area contributed by atoms with Crippen LogP contribution in [-0.2, 0) is 11.2 Å². The molecule has 0 saturated carbocycles. The van der Waals surface area contributed by atoms with Gasteiger partial charge in [-0.2, -0.15) is 0 Å². The molecule has 0 aromatic heterocycles. The second kappa shape index (κ2) is 8.17. The first kappa shape index (κ1) is 17.5. The third-order valence-corrected chi connectivity index (χ3v) is 4.96. The van der Waals surface area contributed by atoms with E-state index in [9.17, 15) is 4.79 Å². The molecule has 0 aliphatic heterocycles. The second-order valence-corrected chi connectivity index (χ2v) is 6.77. The summed E-state index contributed by atoms with van der Waals surface area (Å²) in [6, 6.07) is 22.1.